The molecule has 0 atom stereocenters. The van der Waals surface area contributed by atoms with Gasteiger partial charge >= 0.3 is 6.18 Å². The SMILES string of the molecule is O=C(Cc1ccc(C(F)(F)F)cc1)NC1=CCc2nccc(CNC3CCCCC3)c21. The van der Waals surface area contributed by atoms with Gasteiger partial charge in [-0.1, -0.05) is 37.5 Å². The molecule has 164 valence electrons. The van der Waals surface area contributed by atoms with Crippen molar-refractivity contribution >= 4 is 11.6 Å². The first-order valence-electron chi connectivity index (χ1n) is 10.8. The monoisotopic (exact) mass is 429 g/mol. The molecule has 0 aliphatic heterocycles. The Morgan fingerprint density at radius 2 is 1.81 bits per heavy atom. The lowest BCUT2D eigenvalue weighted by Gasteiger charge is -2.23. The van der Waals surface area contributed by atoms with Crippen molar-refractivity contribution in [1.29, 1.82) is 0 Å². The summed E-state index contributed by atoms with van der Waals surface area (Å²) >= 11 is 0. The second-order valence-electron chi connectivity index (χ2n) is 8.25. The molecule has 2 aliphatic carbocycles. The number of fused-ring (bicyclic) bond motifs is 1. The zero-order valence-electron chi connectivity index (χ0n) is 17.3. The topological polar surface area (TPSA) is 54.0 Å². The molecule has 31 heavy (non-hydrogen) atoms. The van der Waals surface area contributed by atoms with Gasteiger partial charge in [-0.15, -0.1) is 0 Å². The van der Waals surface area contributed by atoms with Crippen molar-refractivity contribution in [2.45, 2.75) is 63.7 Å². The third-order valence-electron chi connectivity index (χ3n) is 5.99. The van der Waals surface area contributed by atoms with Crippen molar-refractivity contribution < 1.29 is 18.0 Å². The van der Waals surface area contributed by atoms with Crippen LogP contribution < -0.4 is 10.6 Å². The molecule has 0 saturated heterocycles. The molecular formula is C24H26F3N3O. The standard InChI is InChI=1S/C24H26F3N3O/c25-24(26,27)18-8-6-16(7-9-18)14-22(31)30-21-11-10-20-23(21)17(12-13-28-20)15-29-19-4-2-1-3-5-19/h6-9,11-13,19,29H,1-5,10,14-15H2,(H,30,31). The van der Waals surface area contributed by atoms with Crippen LogP contribution in [0.1, 0.15) is 60.1 Å². The molecule has 2 N–H and O–H groups in total. The maximum Gasteiger partial charge on any atom is 0.416 e. The molecule has 0 unspecified atom stereocenters. The second kappa shape index (κ2) is 9.22. The number of rotatable bonds is 6. The van der Waals surface area contributed by atoms with Crippen LogP contribution in [0.3, 0.4) is 0 Å². The first-order valence-corrected chi connectivity index (χ1v) is 10.8. The Balaban J connectivity index is 1.40. The third kappa shape index (κ3) is 5.34. The first-order chi connectivity index (χ1) is 14.9. The first kappa shape index (κ1) is 21.6. The van der Waals surface area contributed by atoms with Crippen molar-refractivity contribution in [3.63, 3.8) is 0 Å². The number of aromatic nitrogens is 1. The molecule has 0 spiro atoms. The van der Waals surface area contributed by atoms with E-state index in [-0.39, 0.29) is 12.3 Å². The van der Waals surface area contributed by atoms with Crippen LogP contribution >= 0.6 is 0 Å². The van der Waals surface area contributed by atoms with Crippen molar-refractivity contribution in [3.05, 3.63) is 70.6 Å². The van der Waals surface area contributed by atoms with E-state index in [1.807, 2.05) is 12.1 Å². The molecule has 1 aromatic carbocycles. The zero-order valence-corrected chi connectivity index (χ0v) is 17.3. The van der Waals surface area contributed by atoms with Crippen molar-refractivity contribution in [2.75, 3.05) is 0 Å². The molecule has 0 bridgehead atoms. The molecule has 2 aromatic rings. The summed E-state index contributed by atoms with van der Waals surface area (Å²) in [5, 5.41) is 6.58. The number of halogens is 3. The fourth-order valence-electron chi connectivity index (χ4n) is 4.35. The maximum atomic E-state index is 12.7. The van der Waals surface area contributed by atoms with E-state index < -0.39 is 11.7 Å². The van der Waals surface area contributed by atoms with Gasteiger partial charge in [0.05, 0.1) is 17.7 Å². The largest absolute Gasteiger partial charge is 0.416 e. The summed E-state index contributed by atoms with van der Waals surface area (Å²) in [7, 11) is 0. The molecule has 1 saturated carbocycles. The fraction of sp³-hybridized carbons (Fsp3) is 0.417. The number of benzene rings is 1. The van der Waals surface area contributed by atoms with Gasteiger partial charge in [-0.3, -0.25) is 9.78 Å². The van der Waals surface area contributed by atoms with Gasteiger partial charge in [0, 0.05) is 36.5 Å². The van der Waals surface area contributed by atoms with Gasteiger partial charge in [-0.25, -0.2) is 0 Å². The summed E-state index contributed by atoms with van der Waals surface area (Å²) < 4.78 is 38.1. The van der Waals surface area contributed by atoms with E-state index in [9.17, 15) is 18.0 Å². The predicted octanol–water partition coefficient (Wildman–Crippen LogP) is 4.78. The summed E-state index contributed by atoms with van der Waals surface area (Å²) in [5.74, 6) is -0.256. The number of hydrogen-bond acceptors (Lipinski definition) is 3. The quantitative estimate of drug-likeness (QED) is 0.695. The van der Waals surface area contributed by atoms with Crippen LogP contribution in [-0.4, -0.2) is 16.9 Å². The van der Waals surface area contributed by atoms with Crippen LogP contribution in [0.4, 0.5) is 13.2 Å². The van der Waals surface area contributed by atoms with E-state index in [0.29, 0.717) is 18.0 Å². The summed E-state index contributed by atoms with van der Waals surface area (Å²) in [6, 6.07) is 7.22. The minimum absolute atomic E-state index is 0.0146. The minimum Gasteiger partial charge on any atom is -0.325 e. The molecule has 4 nitrogen and oxygen atoms in total. The van der Waals surface area contributed by atoms with Crippen LogP contribution in [-0.2, 0) is 30.4 Å². The summed E-state index contributed by atoms with van der Waals surface area (Å²) in [6.45, 7) is 0.724. The molecule has 2 aliphatic rings. The summed E-state index contributed by atoms with van der Waals surface area (Å²) in [5.41, 5.74) is 3.56. The zero-order chi connectivity index (χ0) is 21.8. The number of pyridine rings is 1. The molecule has 1 heterocycles. The predicted molar refractivity (Wildman–Crippen MR) is 113 cm³/mol. The fourth-order valence-corrected chi connectivity index (χ4v) is 4.35. The minimum atomic E-state index is -4.38. The molecule has 4 rings (SSSR count). The number of amides is 1. The average molecular weight is 429 g/mol. The van der Waals surface area contributed by atoms with Crippen LogP contribution in [0.5, 0.6) is 0 Å². The number of nitrogens with one attached hydrogen (secondary N) is 2. The Kier molecular flexibility index (Phi) is 6.41. The number of allylic oxidation sites excluding steroid dienone is 1. The maximum absolute atomic E-state index is 12.7. The number of nitrogens with zero attached hydrogens (tertiary/aromatic N) is 1. The lowest BCUT2D eigenvalue weighted by atomic mass is 9.95. The van der Waals surface area contributed by atoms with E-state index in [1.165, 1.54) is 44.2 Å². The number of carbonyl (C=O) groups is 1. The highest BCUT2D eigenvalue weighted by Crippen LogP contribution is 2.30. The summed E-state index contributed by atoms with van der Waals surface area (Å²) in [4.78, 5) is 17.0. The van der Waals surface area contributed by atoms with E-state index in [4.69, 9.17) is 0 Å². The Morgan fingerprint density at radius 3 is 2.52 bits per heavy atom. The van der Waals surface area contributed by atoms with Crippen LogP contribution in [0.25, 0.3) is 5.70 Å². The highest BCUT2D eigenvalue weighted by Gasteiger charge is 2.30. The number of carbonyl (C=O) groups excluding carboxylic acids is 1. The smallest absolute Gasteiger partial charge is 0.325 e. The third-order valence-corrected chi connectivity index (χ3v) is 5.99. The van der Waals surface area contributed by atoms with Gasteiger partial charge in [-0.2, -0.15) is 13.2 Å². The van der Waals surface area contributed by atoms with Gasteiger partial charge in [0.1, 0.15) is 0 Å². The van der Waals surface area contributed by atoms with Gasteiger partial charge in [0.25, 0.3) is 0 Å². The Morgan fingerprint density at radius 1 is 1.06 bits per heavy atom. The number of alkyl halides is 3. The average Bonchev–Trinajstić information content (AvgIpc) is 3.16. The van der Waals surface area contributed by atoms with Gasteiger partial charge < -0.3 is 10.6 Å². The van der Waals surface area contributed by atoms with E-state index >= 15 is 0 Å². The van der Waals surface area contributed by atoms with Gasteiger partial charge in [-0.05, 0) is 42.2 Å². The molecule has 1 aromatic heterocycles. The lowest BCUT2D eigenvalue weighted by molar-refractivity contribution is -0.137. The number of hydrogen-bond donors (Lipinski definition) is 2. The van der Waals surface area contributed by atoms with Crippen LogP contribution in [0.15, 0.2) is 42.6 Å². The highest BCUT2D eigenvalue weighted by atomic mass is 19.4. The highest BCUT2D eigenvalue weighted by molar-refractivity contribution is 5.90. The molecule has 0 radical (unpaired) electrons. The van der Waals surface area contributed by atoms with Crippen molar-refractivity contribution in [3.8, 4) is 0 Å². The summed E-state index contributed by atoms with van der Waals surface area (Å²) in [6.07, 6.45) is 6.26. The van der Waals surface area contributed by atoms with Gasteiger partial charge in [0.2, 0.25) is 5.91 Å². The molecule has 1 fully saturated rings. The Hall–Kier alpha value is -2.67. The van der Waals surface area contributed by atoms with Crippen LogP contribution in [0, 0.1) is 0 Å². The Bertz CT molecular complexity index is 961. The molecule has 1 amide bonds. The second-order valence-corrected chi connectivity index (χ2v) is 8.25. The van der Waals surface area contributed by atoms with E-state index in [2.05, 4.69) is 15.6 Å². The van der Waals surface area contributed by atoms with E-state index in [0.717, 1.165) is 41.2 Å². The lowest BCUT2D eigenvalue weighted by Crippen LogP contribution is -2.31. The molecule has 7 heteroatoms. The Labute approximate surface area is 180 Å². The van der Waals surface area contributed by atoms with Crippen LogP contribution in [0.2, 0.25) is 0 Å². The van der Waals surface area contributed by atoms with Crippen molar-refractivity contribution in [1.82, 2.24) is 15.6 Å². The van der Waals surface area contributed by atoms with Gasteiger partial charge in [0.15, 0.2) is 0 Å². The van der Waals surface area contributed by atoms with E-state index in [1.54, 1.807) is 6.20 Å². The normalized spacial score (nSPS) is 16.7. The van der Waals surface area contributed by atoms with Crippen molar-refractivity contribution in [2.24, 2.45) is 0 Å². The molecular weight excluding hydrogens is 403 g/mol.